The number of aromatic nitrogens is 2. The maximum Gasteiger partial charge on any atom is 0.151 e. The molecule has 0 radical (unpaired) electrons. The Balaban J connectivity index is 1.88. The van der Waals surface area contributed by atoms with Crippen LogP contribution < -0.4 is 4.74 Å². The number of H-pyrrole nitrogens is 1. The molecule has 0 unspecified atom stereocenters. The summed E-state index contributed by atoms with van der Waals surface area (Å²) in [7, 11) is 1.61. The Bertz CT molecular complexity index is 573. The lowest BCUT2D eigenvalue weighted by Crippen LogP contribution is -1.97. The highest BCUT2D eigenvalue weighted by Gasteiger charge is 2.18. The average molecular weight is 262 g/mol. The summed E-state index contributed by atoms with van der Waals surface area (Å²) >= 11 is 0. The van der Waals surface area contributed by atoms with Gasteiger partial charge in [-0.2, -0.15) is 5.10 Å². The molecule has 1 heterocycles. The summed E-state index contributed by atoms with van der Waals surface area (Å²) in [5.41, 5.74) is 1.39. The SMILES string of the molecule is COc1ccc(F)c2n[nH]c(CCC3CCCC3)c12. The molecule has 1 fully saturated rings. The molecule has 1 aromatic carbocycles. The standard InChI is InChI=1S/C15H19FN2O/c1-19-13-9-7-11(16)15-14(13)12(17-18-15)8-6-10-4-2-3-5-10/h7,9-10H,2-6,8H2,1H3,(H,17,18). The summed E-state index contributed by atoms with van der Waals surface area (Å²) < 4.78 is 19.0. The van der Waals surface area contributed by atoms with E-state index < -0.39 is 0 Å². The van der Waals surface area contributed by atoms with Gasteiger partial charge in [-0.25, -0.2) is 4.39 Å². The quantitative estimate of drug-likeness (QED) is 0.909. The number of nitrogens with zero attached hydrogens (tertiary/aromatic N) is 1. The van der Waals surface area contributed by atoms with Crippen molar-refractivity contribution in [3.8, 4) is 5.75 Å². The molecule has 19 heavy (non-hydrogen) atoms. The third kappa shape index (κ3) is 2.31. The second kappa shape index (κ2) is 5.19. The number of nitrogens with one attached hydrogen (secondary N) is 1. The number of halogens is 1. The second-order valence-electron chi connectivity index (χ2n) is 5.36. The fourth-order valence-electron chi connectivity index (χ4n) is 3.13. The van der Waals surface area contributed by atoms with Crippen molar-refractivity contribution in [1.82, 2.24) is 10.2 Å². The molecule has 1 aliphatic rings. The number of methoxy groups -OCH3 is 1. The molecule has 2 aromatic rings. The summed E-state index contributed by atoms with van der Waals surface area (Å²) in [4.78, 5) is 0. The van der Waals surface area contributed by atoms with Crippen LogP contribution in [0.5, 0.6) is 5.75 Å². The monoisotopic (exact) mass is 262 g/mol. The van der Waals surface area contributed by atoms with Gasteiger partial charge in [-0.1, -0.05) is 25.7 Å². The molecular formula is C15H19FN2O. The Morgan fingerprint density at radius 2 is 2.16 bits per heavy atom. The lowest BCUT2D eigenvalue weighted by Gasteiger charge is -2.08. The number of rotatable bonds is 4. The summed E-state index contributed by atoms with van der Waals surface area (Å²) in [5.74, 6) is 1.23. The van der Waals surface area contributed by atoms with Gasteiger partial charge in [-0.3, -0.25) is 5.10 Å². The molecule has 4 heteroatoms. The minimum Gasteiger partial charge on any atom is -0.496 e. The van der Waals surface area contributed by atoms with Crippen molar-refractivity contribution in [3.05, 3.63) is 23.6 Å². The van der Waals surface area contributed by atoms with Crippen LogP contribution in [0.3, 0.4) is 0 Å². The molecule has 0 atom stereocenters. The van der Waals surface area contributed by atoms with Gasteiger partial charge in [0.05, 0.1) is 12.5 Å². The van der Waals surface area contributed by atoms with Gasteiger partial charge >= 0.3 is 0 Å². The van der Waals surface area contributed by atoms with Crippen LogP contribution in [-0.4, -0.2) is 17.3 Å². The predicted molar refractivity (Wildman–Crippen MR) is 72.9 cm³/mol. The zero-order valence-electron chi connectivity index (χ0n) is 11.2. The molecule has 1 saturated carbocycles. The fraction of sp³-hybridized carbons (Fsp3) is 0.533. The highest BCUT2D eigenvalue weighted by atomic mass is 19.1. The smallest absolute Gasteiger partial charge is 0.151 e. The number of hydrogen-bond acceptors (Lipinski definition) is 2. The van der Waals surface area contributed by atoms with Gasteiger partial charge in [0.1, 0.15) is 11.3 Å². The molecule has 1 aromatic heterocycles. The normalized spacial score (nSPS) is 16.3. The van der Waals surface area contributed by atoms with Crippen molar-refractivity contribution in [1.29, 1.82) is 0 Å². The highest BCUT2D eigenvalue weighted by molar-refractivity contribution is 5.88. The van der Waals surface area contributed by atoms with Crippen molar-refractivity contribution in [2.45, 2.75) is 38.5 Å². The Hall–Kier alpha value is -1.58. The maximum atomic E-state index is 13.7. The van der Waals surface area contributed by atoms with Gasteiger partial charge in [-0.05, 0) is 30.9 Å². The molecular weight excluding hydrogens is 243 g/mol. The van der Waals surface area contributed by atoms with Gasteiger partial charge in [-0.15, -0.1) is 0 Å². The van der Waals surface area contributed by atoms with Crippen LogP contribution in [-0.2, 0) is 6.42 Å². The van der Waals surface area contributed by atoms with E-state index >= 15 is 0 Å². The van der Waals surface area contributed by atoms with Crippen molar-refractivity contribution < 1.29 is 9.13 Å². The van der Waals surface area contributed by atoms with Crippen LogP contribution in [0.1, 0.15) is 37.8 Å². The summed E-state index contributed by atoms with van der Waals surface area (Å²) in [6, 6.07) is 3.08. The van der Waals surface area contributed by atoms with Gasteiger partial charge in [0.25, 0.3) is 0 Å². The first-order valence-corrected chi connectivity index (χ1v) is 6.99. The van der Waals surface area contributed by atoms with Gasteiger partial charge < -0.3 is 4.74 Å². The number of hydrogen-bond donors (Lipinski definition) is 1. The van der Waals surface area contributed by atoms with Gasteiger partial charge in [0.15, 0.2) is 5.82 Å². The lowest BCUT2D eigenvalue weighted by atomic mass is 9.99. The molecule has 1 aliphatic carbocycles. The molecule has 0 amide bonds. The largest absolute Gasteiger partial charge is 0.496 e. The number of aryl methyl sites for hydroxylation is 1. The molecule has 0 bridgehead atoms. The van der Waals surface area contributed by atoms with E-state index in [-0.39, 0.29) is 5.82 Å². The average Bonchev–Trinajstić information content (AvgIpc) is 3.06. The zero-order chi connectivity index (χ0) is 13.2. The first-order chi connectivity index (χ1) is 9.29. The predicted octanol–water partition coefficient (Wildman–Crippen LogP) is 3.83. The Kier molecular flexibility index (Phi) is 3.40. The first-order valence-electron chi connectivity index (χ1n) is 6.99. The Labute approximate surface area is 112 Å². The Morgan fingerprint density at radius 3 is 2.89 bits per heavy atom. The number of aromatic amines is 1. The minimum absolute atomic E-state index is 0.292. The van der Waals surface area contributed by atoms with Crippen LogP contribution >= 0.6 is 0 Å². The molecule has 3 rings (SSSR count). The number of ether oxygens (including phenoxy) is 1. The van der Waals surface area contributed by atoms with Crippen LogP contribution in [0.25, 0.3) is 10.9 Å². The summed E-state index contributed by atoms with van der Waals surface area (Å²) in [6.45, 7) is 0. The van der Waals surface area contributed by atoms with E-state index in [9.17, 15) is 4.39 Å². The fourth-order valence-corrected chi connectivity index (χ4v) is 3.13. The van der Waals surface area contributed by atoms with Crippen LogP contribution in [0.2, 0.25) is 0 Å². The van der Waals surface area contributed by atoms with E-state index in [1.54, 1.807) is 13.2 Å². The number of benzene rings is 1. The minimum atomic E-state index is -0.292. The van der Waals surface area contributed by atoms with Crippen molar-refractivity contribution in [2.24, 2.45) is 5.92 Å². The third-order valence-electron chi connectivity index (χ3n) is 4.19. The zero-order valence-corrected chi connectivity index (χ0v) is 11.2. The molecule has 3 nitrogen and oxygen atoms in total. The molecule has 0 spiro atoms. The summed E-state index contributed by atoms with van der Waals surface area (Å²) in [6.07, 6.45) is 7.44. The van der Waals surface area contributed by atoms with Crippen molar-refractivity contribution in [3.63, 3.8) is 0 Å². The van der Waals surface area contributed by atoms with E-state index in [1.165, 1.54) is 31.7 Å². The van der Waals surface area contributed by atoms with E-state index in [0.29, 0.717) is 11.3 Å². The number of fused-ring (bicyclic) bond motifs is 1. The molecule has 0 saturated heterocycles. The lowest BCUT2D eigenvalue weighted by molar-refractivity contribution is 0.418. The van der Waals surface area contributed by atoms with Crippen LogP contribution in [0, 0.1) is 11.7 Å². The van der Waals surface area contributed by atoms with E-state index in [4.69, 9.17) is 4.74 Å². The molecule has 0 aliphatic heterocycles. The van der Waals surface area contributed by atoms with E-state index in [1.807, 2.05) is 0 Å². The maximum absolute atomic E-state index is 13.7. The Morgan fingerprint density at radius 1 is 1.37 bits per heavy atom. The van der Waals surface area contributed by atoms with Crippen molar-refractivity contribution in [2.75, 3.05) is 7.11 Å². The van der Waals surface area contributed by atoms with E-state index in [2.05, 4.69) is 10.2 Å². The third-order valence-corrected chi connectivity index (χ3v) is 4.19. The molecule has 1 N–H and O–H groups in total. The van der Waals surface area contributed by atoms with Crippen LogP contribution in [0.4, 0.5) is 4.39 Å². The van der Waals surface area contributed by atoms with Gasteiger partial charge in [0.2, 0.25) is 0 Å². The van der Waals surface area contributed by atoms with Gasteiger partial charge in [0, 0.05) is 5.69 Å². The summed E-state index contributed by atoms with van der Waals surface area (Å²) in [5, 5.41) is 7.88. The highest BCUT2D eigenvalue weighted by Crippen LogP contribution is 2.32. The topological polar surface area (TPSA) is 37.9 Å². The second-order valence-corrected chi connectivity index (χ2v) is 5.36. The van der Waals surface area contributed by atoms with Crippen molar-refractivity contribution >= 4 is 10.9 Å². The molecule has 102 valence electrons. The van der Waals surface area contributed by atoms with E-state index in [0.717, 1.165) is 29.8 Å². The first kappa shape index (κ1) is 12.5. The van der Waals surface area contributed by atoms with Crippen LogP contribution in [0.15, 0.2) is 12.1 Å².